The number of nitrogens with one attached hydrogen (secondary N) is 1. The summed E-state index contributed by atoms with van der Waals surface area (Å²) in [7, 11) is 0. The Kier molecular flexibility index (Phi) is 5.33. The van der Waals surface area contributed by atoms with Gasteiger partial charge >= 0.3 is 0 Å². The summed E-state index contributed by atoms with van der Waals surface area (Å²) in [5, 5.41) is 11.3. The van der Waals surface area contributed by atoms with Gasteiger partial charge < -0.3 is 9.73 Å². The highest BCUT2D eigenvalue weighted by molar-refractivity contribution is 8.00. The van der Waals surface area contributed by atoms with Crippen LogP contribution in [0.4, 0.5) is 5.69 Å². The lowest BCUT2D eigenvalue weighted by molar-refractivity contribution is -0.115. The molecule has 1 heterocycles. The standard InChI is InChI=1S/C17H21N3O2S/c1-12(15(21)18-14-10-6-3-7-11-14)23-17-20-19-16(22-17)13-8-4-2-5-9-13/h3,6-7,10-13H,2,4-5,8-9H2,1H3,(H,18,21). The highest BCUT2D eigenvalue weighted by Crippen LogP contribution is 2.33. The topological polar surface area (TPSA) is 68.0 Å². The Balaban J connectivity index is 1.56. The molecule has 1 aliphatic rings. The van der Waals surface area contributed by atoms with E-state index in [0.29, 0.717) is 11.1 Å². The van der Waals surface area contributed by atoms with Crippen molar-refractivity contribution in [2.24, 2.45) is 0 Å². The number of benzene rings is 1. The number of para-hydroxylation sites is 1. The van der Waals surface area contributed by atoms with Crippen LogP contribution in [0.1, 0.15) is 50.8 Å². The molecule has 1 saturated carbocycles. The SMILES string of the molecule is CC(Sc1nnc(C2CCCCC2)o1)C(=O)Nc1ccccc1. The van der Waals surface area contributed by atoms with Crippen LogP contribution in [0.5, 0.6) is 0 Å². The van der Waals surface area contributed by atoms with Crippen molar-refractivity contribution in [3.63, 3.8) is 0 Å². The molecule has 3 rings (SSSR count). The number of hydrogen-bond donors (Lipinski definition) is 1. The van der Waals surface area contributed by atoms with E-state index in [9.17, 15) is 4.79 Å². The van der Waals surface area contributed by atoms with Crippen LogP contribution in [-0.4, -0.2) is 21.4 Å². The minimum absolute atomic E-state index is 0.0707. The smallest absolute Gasteiger partial charge is 0.277 e. The first-order valence-electron chi connectivity index (χ1n) is 8.08. The second kappa shape index (κ2) is 7.64. The maximum Gasteiger partial charge on any atom is 0.277 e. The van der Waals surface area contributed by atoms with Crippen LogP contribution in [0.3, 0.4) is 0 Å². The molecule has 2 aromatic rings. The first kappa shape index (κ1) is 16.1. The molecule has 122 valence electrons. The van der Waals surface area contributed by atoms with E-state index in [-0.39, 0.29) is 11.2 Å². The van der Waals surface area contributed by atoms with Crippen LogP contribution in [0.15, 0.2) is 40.0 Å². The monoisotopic (exact) mass is 331 g/mol. The van der Waals surface area contributed by atoms with Gasteiger partial charge in [0.15, 0.2) is 0 Å². The maximum absolute atomic E-state index is 12.2. The van der Waals surface area contributed by atoms with Gasteiger partial charge in [0, 0.05) is 11.6 Å². The highest BCUT2D eigenvalue weighted by atomic mass is 32.2. The maximum atomic E-state index is 12.2. The van der Waals surface area contributed by atoms with Gasteiger partial charge in [-0.2, -0.15) is 0 Å². The number of amides is 1. The molecule has 1 unspecified atom stereocenters. The third kappa shape index (κ3) is 4.34. The van der Waals surface area contributed by atoms with E-state index >= 15 is 0 Å². The summed E-state index contributed by atoms with van der Waals surface area (Å²) in [6.07, 6.45) is 5.99. The minimum atomic E-state index is -0.296. The molecule has 0 bridgehead atoms. The van der Waals surface area contributed by atoms with Crippen molar-refractivity contribution in [1.29, 1.82) is 0 Å². The highest BCUT2D eigenvalue weighted by Gasteiger charge is 2.23. The zero-order chi connectivity index (χ0) is 16.1. The van der Waals surface area contributed by atoms with Crippen molar-refractivity contribution in [2.75, 3.05) is 5.32 Å². The van der Waals surface area contributed by atoms with Crippen molar-refractivity contribution < 1.29 is 9.21 Å². The number of hydrogen-bond acceptors (Lipinski definition) is 5. The molecule has 1 aliphatic carbocycles. The molecule has 0 radical (unpaired) electrons. The number of nitrogens with zero attached hydrogens (tertiary/aromatic N) is 2. The van der Waals surface area contributed by atoms with Crippen molar-refractivity contribution in [1.82, 2.24) is 10.2 Å². The Labute approximate surface area is 140 Å². The predicted octanol–water partition coefficient (Wildman–Crippen LogP) is 4.24. The van der Waals surface area contributed by atoms with E-state index in [1.165, 1.54) is 31.0 Å². The number of carbonyl (C=O) groups is 1. The van der Waals surface area contributed by atoms with Crippen molar-refractivity contribution >= 4 is 23.4 Å². The fourth-order valence-electron chi connectivity index (χ4n) is 2.75. The number of rotatable bonds is 5. The molecule has 1 aromatic carbocycles. The summed E-state index contributed by atoms with van der Waals surface area (Å²) in [6, 6.07) is 9.43. The van der Waals surface area contributed by atoms with Gasteiger partial charge in [-0.1, -0.05) is 49.2 Å². The summed E-state index contributed by atoms with van der Waals surface area (Å²) < 4.78 is 5.75. The molecule has 0 aliphatic heterocycles. The minimum Gasteiger partial charge on any atom is -0.416 e. The molecule has 1 N–H and O–H groups in total. The first-order valence-corrected chi connectivity index (χ1v) is 8.96. The van der Waals surface area contributed by atoms with E-state index in [1.54, 1.807) is 0 Å². The number of carbonyl (C=O) groups excluding carboxylic acids is 1. The summed E-state index contributed by atoms with van der Waals surface area (Å²) in [6.45, 7) is 1.84. The fraction of sp³-hybridized carbons (Fsp3) is 0.471. The zero-order valence-corrected chi connectivity index (χ0v) is 14.0. The van der Waals surface area contributed by atoms with Gasteiger partial charge in [0.05, 0.1) is 5.25 Å². The lowest BCUT2D eigenvalue weighted by Crippen LogP contribution is -2.22. The van der Waals surface area contributed by atoms with Gasteiger partial charge in [0.1, 0.15) is 0 Å². The second-order valence-electron chi connectivity index (χ2n) is 5.86. The first-order chi connectivity index (χ1) is 11.2. The second-order valence-corrected chi connectivity index (χ2v) is 7.15. The van der Waals surface area contributed by atoms with Crippen molar-refractivity contribution in [3.05, 3.63) is 36.2 Å². The molecule has 1 atom stereocenters. The number of thioether (sulfide) groups is 1. The van der Waals surface area contributed by atoms with Crippen LogP contribution in [-0.2, 0) is 4.79 Å². The van der Waals surface area contributed by atoms with Crippen LogP contribution >= 0.6 is 11.8 Å². The van der Waals surface area contributed by atoms with Crippen molar-refractivity contribution in [3.8, 4) is 0 Å². The summed E-state index contributed by atoms with van der Waals surface area (Å²) in [5.74, 6) is 1.04. The molecule has 6 heteroatoms. The van der Waals surface area contributed by atoms with Gasteiger partial charge in [-0.15, -0.1) is 10.2 Å². The van der Waals surface area contributed by atoms with Gasteiger partial charge in [-0.25, -0.2) is 0 Å². The predicted molar refractivity (Wildman–Crippen MR) is 90.5 cm³/mol. The lowest BCUT2D eigenvalue weighted by atomic mass is 9.89. The quantitative estimate of drug-likeness (QED) is 0.830. The Morgan fingerprint density at radius 3 is 2.70 bits per heavy atom. The third-order valence-electron chi connectivity index (χ3n) is 4.06. The Morgan fingerprint density at radius 1 is 1.22 bits per heavy atom. The van der Waals surface area contributed by atoms with E-state index in [1.807, 2.05) is 37.3 Å². The fourth-order valence-corrected chi connectivity index (χ4v) is 3.44. The average molecular weight is 331 g/mol. The lowest BCUT2D eigenvalue weighted by Gasteiger charge is -2.17. The molecule has 1 fully saturated rings. The summed E-state index contributed by atoms with van der Waals surface area (Å²) in [4.78, 5) is 12.2. The van der Waals surface area contributed by atoms with E-state index in [2.05, 4.69) is 15.5 Å². The van der Waals surface area contributed by atoms with Crippen LogP contribution in [0.25, 0.3) is 0 Å². The number of anilines is 1. The van der Waals surface area contributed by atoms with Crippen LogP contribution in [0.2, 0.25) is 0 Å². The molecular formula is C17H21N3O2S. The molecule has 5 nitrogen and oxygen atoms in total. The van der Waals surface area contributed by atoms with Crippen LogP contribution < -0.4 is 5.32 Å². The largest absolute Gasteiger partial charge is 0.416 e. The molecule has 0 spiro atoms. The Morgan fingerprint density at radius 2 is 1.96 bits per heavy atom. The third-order valence-corrected chi connectivity index (χ3v) is 5.00. The molecule has 1 aromatic heterocycles. The van der Waals surface area contributed by atoms with Gasteiger partial charge in [-0.05, 0) is 31.9 Å². The van der Waals surface area contributed by atoms with Gasteiger partial charge in [0.2, 0.25) is 11.8 Å². The molecule has 0 saturated heterocycles. The van der Waals surface area contributed by atoms with E-state index in [0.717, 1.165) is 24.4 Å². The molecular weight excluding hydrogens is 310 g/mol. The average Bonchev–Trinajstić information content (AvgIpc) is 3.05. The van der Waals surface area contributed by atoms with Crippen molar-refractivity contribution in [2.45, 2.75) is 55.4 Å². The summed E-state index contributed by atoms with van der Waals surface area (Å²) in [5.41, 5.74) is 0.790. The van der Waals surface area contributed by atoms with Gasteiger partial charge in [-0.3, -0.25) is 4.79 Å². The van der Waals surface area contributed by atoms with E-state index < -0.39 is 0 Å². The van der Waals surface area contributed by atoms with Gasteiger partial charge in [0.25, 0.3) is 5.22 Å². The summed E-state index contributed by atoms with van der Waals surface area (Å²) >= 11 is 1.30. The van der Waals surface area contributed by atoms with E-state index in [4.69, 9.17) is 4.42 Å². The zero-order valence-electron chi connectivity index (χ0n) is 13.2. The Bertz CT molecular complexity index is 638. The number of aromatic nitrogens is 2. The molecule has 1 amide bonds. The molecule has 23 heavy (non-hydrogen) atoms. The van der Waals surface area contributed by atoms with Crippen LogP contribution in [0, 0.1) is 0 Å². The Hall–Kier alpha value is -1.82. The normalized spacial score (nSPS) is 16.9.